The summed E-state index contributed by atoms with van der Waals surface area (Å²) in [6.45, 7) is 4.00. The van der Waals surface area contributed by atoms with Crippen LogP contribution < -0.4 is 16.2 Å². The van der Waals surface area contributed by atoms with E-state index >= 15 is 0 Å². The van der Waals surface area contributed by atoms with Crippen molar-refractivity contribution in [1.82, 2.24) is 4.98 Å². The highest BCUT2D eigenvalue weighted by Crippen LogP contribution is 2.21. The maximum Gasteiger partial charge on any atom is 0.343 e. The van der Waals surface area contributed by atoms with Gasteiger partial charge in [0, 0.05) is 0 Å². The Balaban J connectivity index is 0.00000100. The van der Waals surface area contributed by atoms with Crippen LogP contribution in [0.3, 0.4) is 0 Å². The molecule has 126 valence electrons. The molecule has 2 unspecified atom stereocenters. The predicted octanol–water partition coefficient (Wildman–Crippen LogP) is 1.49. The van der Waals surface area contributed by atoms with Crippen molar-refractivity contribution in [2.45, 2.75) is 26.4 Å². The molecular weight excluding hydrogens is 335 g/mol. The summed E-state index contributed by atoms with van der Waals surface area (Å²) in [5.41, 5.74) is -0.519. The minimum atomic E-state index is -1.37. The van der Waals surface area contributed by atoms with Crippen LogP contribution in [0.5, 0.6) is 0 Å². The summed E-state index contributed by atoms with van der Waals surface area (Å²) in [7, 11) is -0.532. The highest BCUT2D eigenvalue weighted by atomic mass is 31.1. The number of aromatic carboxylic acids is 1. The minimum absolute atomic E-state index is 0.0833. The summed E-state index contributed by atoms with van der Waals surface area (Å²) < 4.78 is 10.8. The zero-order chi connectivity index (χ0) is 17.7. The van der Waals surface area contributed by atoms with Crippen LogP contribution in [0.1, 0.15) is 30.6 Å². The number of aromatic nitrogens is 1. The summed E-state index contributed by atoms with van der Waals surface area (Å²) in [5.74, 6) is -1.46. The molecule has 2 atom stereocenters. The Morgan fingerprint density at radius 2 is 2.21 bits per heavy atom. The van der Waals surface area contributed by atoms with Crippen LogP contribution in [0.2, 0.25) is 0 Å². The van der Waals surface area contributed by atoms with Crippen molar-refractivity contribution in [1.29, 1.82) is 0 Å². The first-order valence-corrected chi connectivity index (χ1v) is 8.08. The lowest BCUT2D eigenvalue weighted by Crippen LogP contribution is -2.35. The predicted molar refractivity (Wildman–Crippen MR) is 89.5 cm³/mol. The van der Waals surface area contributed by atoms with E-state index in [1.54, 1.807) is 12.2 Å². The van der Waals surface area contributed by atoms with Gasteiger partial charge in [0.05, 0.1) is 6.10 Å². The van der Waals surface area contributed by atoms with Gasteiger partial charge in [0.1, 0.15) is 11.0 Å². The van der Waals surface area contributed by atoms with Crippen LogP contribution in [0.15, 0.2) is 26.3 Å². The van der Waals surface area contributed by atoms with E-state index in [2.05, 4.69) is 9.93 Å². The van der Waals surface area contributed by atoms with Crippen molar-refractivity contribution in [3.05, 3.63) is 43.6 Å². The number of fused-ring (bicyclic) bond motifs is 2. The number of nitrogens with zero attached hydrogens (tertiary/aromatic N) is 2. The molecule has 0 saturated heterocycles. The molecule has 1 heterocycles. The number of benzene rings is 1. The van der Waals surface area contributed by atoms with E-state index in [-0.39, 0.29) is 11.5 Å². The van der Waals surface area contributed by atoms with Crippen LogP contribution >= 0.6 is 8.96 Å². The van der Waals surface area contributed by atoms with Crippen molar-refractivity contribution < 1.29 is 18.8 Å². The number of rotatable bonds is 4. The van der Waals surface area contributed by atoms with E-state index in [9.17, 15) is 14.5 Å². The average molecular weight is 350 g/mol. The van der Waals surface area contributed by atoms with Gasteiger partial charge >= 0.3 is 5.97 Å². The molecule has 24 heavy (non-hydrogen) atoms. The van der Waals surface area contributed by atoms with E-state index in [1.165, 1.54) is 6.07 Å². The largest absolute Gasteiger partial charge is 0.477 e. The molecule has 2 aliphatic carbocycles. The van der Waals surface area contributed by atoms with Crippen molar-refractivity contribution in [2.75, 3.05) is 0 Å². The number of carbonyl (C=O) groups is 1. The smallest absolute Gasteiger partial charge is 0.343 e. The van der Waals surface area contributed by atoms with E-state index in [0.29, 0.717) is 17.2 Å². The highest BCUT2D eigenvalue weighted by Gasteiger charge is 2.22. The zero-order valence-corrected chi connectivity index (χ0v) is 14.0. The second kappa shape index (κ2) is 7.90. The molecule has 0 spiro atoms. The van der Waals surface area contributed by atoms with E-state index in [0.717, 1.165) is 6.07 Å². The first kappa shape index (κ1) is 17.9. The molecule has 3 rings (SSSR count). The standard InChI is InChI=1S/C13H9N2O6P.C2H6/c16-9-4-3-8-12(11(9)13(17)18)20-10-5-6(21-22-15-19)1-2-7(10)14-8;1-2/h2-6,22H,1H2,(H,17,18);1-2H3. The third-order valence-electron chi connectivity index (χ3n) is 3.14. The van der Waals surface area contributed by atoms with E-state index < -0.39 is 32.0 Å². The lowest BCUT2D eigenvalue weighted by atomic mass is 10.1. The summed E-state index contributed by atoms with van der Waals surface area (Å²) >= 11 is 0. The molecule has 0 aromatic carbocycles. The number of nitroso groups, excluding NO2 is 1. The number of carboxylic acid groups (broad SMARTS) is 1. The fraction of sp³-hybridized carbons (Fsp3) is 0.267. The first-order valence-electron chi connectivity index (χ1n) is 7.22. The monoisotopic (exact) mass is 350 g/mol. The van der Waals surface area contributed by atoms with Gasteiger partial charge in [-0.15, -0.1) is 4.91 Å². The van der Waals surface area contributed by atoms with Crippen LogP contribution in [0, 0.1) is 4.91 Å². The number of hydrogen-bond donors (Lipinski definition) is 1. The summed E-state index contributed by atoms with van der Waals surface area (Å²) in [6, 6.07) is 2.57. The average Bonchev–Trinajstić information content (AvgIpc) is 2.59. The molecular formula is C15H15N2O6P. The first-order chi connectivity index (χ1) is 11.6. The van der Waals surface area contributed by atoms with Crippen LogP contribution in [-0.2, 0) is 4.52 Å². The van der Waals surface area contributed by atoms with Crippen molar-refractivity contribution in [2.24, 2.45) is 4.95 Å². The molecule has 9 heteroatoms. The number of hydrogen-bond acceptors (Lipinski definition) is 7. The van der Waals surface area contributed by atoms with Crippen molar-refractivity contribution >= 4 is 27.1 Å². The van der Waals surface area contributed by atoms with E-state index in [1.807, 2.05) is 13.8 Å². The van der Waals surface area contributed by atoms with Gasteiger partial charge in [-0.1, -0.05) is 19.9 Å². The van der Waals surface area contributed by atoms with Crippen LogP contribution in [0.25, 0.3) is 23.6 Å². The molecule has 0 fully saturated rings. The summed E-state index contributed by atoms with van der Waals surface area (Å²) in [5, 5.41) is 9.69. The molecule has 0 saturated carbocycles. The molecule has 3 aliphatic rings. The van der Waals surface area contributed by atoms with Crippen molar-refractivity contribution in [3.63, 3.8) is 0 Å². The lowest BCUT2D eigenvalue weighted by Gasteiger charge is -2.13. The lowest BCUT2D eigenvalue weighted by molar-refractivity contribution is 0.0694. The van der Waals surface area contributed by atoms with Gasteiger partial charge < -0.3 is 14.0 Å². The SMILES string of the molecule is CC.O=NPOC1C=c2oc3c(C(=O)O)c(=O)ccc-3nc2=CC1. The fourth-order valence-electron chi connectivity index (χ4n) is 2.20. The quantitative estimate of drug-likeness (QED) is 0.655. The Kier molecular flexibility index (Phi) is 5.89. The van der Waals surface area contributed by atoms with Gasteiger partial charge in [-0.2, -0.15) is 0 Å². The summed E-state index contributed by atoms with van der Waals surface area (Å²) in [6.07, 6.45) is 3.43. The third kappa shape index (κ3) is 3.55. The van der Waals surface area contributed by atoms with Gasteiger partial charge in [-0.25, -0.2) is 9.78 Å². The minimum Gasteiger partial charge on any atom is -0.477 e. The molecule has 0 aromatic rings. The molecule has 0 bridgehead atoms. The molecule has 8 nitrogen and oxygen atoms in total. The van der Waals surface area contributed by atoms with Gasteiger partial charge in [-0.05, 0) is 29.6 Å². The van der Waals surface area contributed by atoms with Crippen LogP contribution in [-0.4, -0.2) is 22.2 Å². The second-order valence-electron chi connectivity index (χ2n) is 4.50. The molecule has 0 radical (unpaired) electrons. The molecule has 0 aromatic heterocycles. The Labute approximate surface area is 138 Å². The number of carboxylic acids is 1. The molecule has 0 amide bonds. The highest BCUT2D eigenvalue weighted by molar-refractivity contribution is 7.30. The molecule has 1 aliphatic heterocycles. The topological polar surface area (TPSA) is 119 Å². The maximum absolute atomic E-state index is 11.7. The zero-order valence-electron chi connectivity index (χ0n) is 13.0. The van der Waals surface area contributed by atoms with Gasteiger partial charge in [0.25, 0.3) is 0 Å². The van der Waals surface area contributed by atoms with Gasteiger partial charge in [-0.3, -0.25) is 4.79 Å². The van der Waals surface area contributed by atoms with Gasteiger partial charge in [0.15, 0.2) is 31.1 Å². The van der Waals surface area contributed by atoms with Crippen LogP contribution in [0.4, 0.5) is 0 Å². The third-order valence-corrected chi connectivity index (χ3v) is 3.62. The Morgan fingerprint density at radius 3 is 2.88 bits per heavy atom. The van der Waals surface area contributed by atoms with E-state index in [4.69, 9.17) is 14.0 Å². The van der Waals surface area contributed by atoms with Crippen molar-refractivity contribution in [3.8, 4) is 11.5 Å². The maximum atomic E-state index is 11.7. The fourth-order valence-corrected chi connectivity index (χ4v) is 2.54. The normalized spacial score (nSPS) is 15.8. The Hall–Kier alpha value is -2.44. The molecule has 1 N–H and O–H groups in total. The Morgan fingerprint density at radius 1 is 1.46 bits per heavy atom. The second-order valence-corrected chi connectivity index (χ2v) is 5.10. The summed E-state index contributed by atoms with van der Waals surface area (Å²) in [4.78, 5) is 40.0. The van der Waals surface area contributed by atoms with Gasteiger partial charge in [0.2, 0.25) is 0 Å². The Bertz CT molecular complexity index is 907.